The number of ether oxygens (including phenoxy) is 2. The van der Waals surface area contributed by atoms with Crippen molar-refractivity contribution in [3.8, 4) is 5.75 Å². The van der Waals surface area contributed by atoms with Crippen molar-refractivity contribution in [3.05, 3.63) is 40.5 Å². The Hall–Kier alpha value is -2.37. The molecule has 0 heterocycles. The first kappa shape index (κ1) is 12.7. The summed E-state index contributed by atoms with van der Waals surface area (Å²) in [6.45, 7) is 3.17. The van der Waals surface area contributed by atoms with Gasteiger partial charge in [-0.2, -0.15) is 0 Å². The van der Waals surface area contributed by atoms with Crippen LogP contribution >= 0.6 is 0 Å². The van der Waals surface area contributed by atoms with Crippen LogP contribution in [0.25, 0.3) is 6.08 Å². The molecule has 0 saturated carbocycles. The van der Waals surface area contributed by atoms with Gasteiger partial charge in [0.05, 0.1) is 17.6 Å². The van der Waals surface area contributed by atoms with Gasteiger partial charge in [0.25, 0.3) is 5.69 Å². The molecule has 0 amide bonds. The molecule has 0 aliphatic rings. The van der Waals surface area contributed by atoms with E-state index in [-0.39, 0.29) is 23.6 Å². The fraction of sp³-hybridized carbons (Fsp3) is 0.182. The van der Waals surface area contributed by atoms with E-state index in [4.69, 9.17) is 4.74 Å². The van der Waals surface area contributed by atoms with Crippen molar-refractivity contribution in [3.63, 3.8) is 0 Å². The second-order valence-corrected chi connectivity index (χ2v) is 3.01. The molecule has 1 rings (SSSR count). The number of hydrogen-bond donors (Lipinski definition) is 0. The number of benzene rings is 1. The average Bonchev–Trinajstić information content (AvgIpc) is 2.34. The second-order valence-electron chi connectivity index (χ2n) is 3.01. The minimum atomic E-state index is -0.563. The Morgan fingerprint density at radius 2 is 2.29 bits per heavy atom. The lowest BCUT2D eigenvalue weighted by Gasteiger charge is -2.07. The number of methoxy groups -OCH3 is 1. The summed E-state index contributed by atoms with van der Waals surface area (Å²) in [4.78, 5) is 21.1. The molecule has 0 bridgehead atoms. The summed E-state index contributed by atoms with van der Waals surface area (Å²) in [6.07, 6.45) is 1.31. The zero-order valence-electron chi connectivity index (χ0n) is 9.21. The molecule has 0 aliphatic carbocycles. The van der Waals surface area contributed by atoms with Gasteiger partial charge in [0.1, 0.15) is 5.75 Å². The molecule has 0 saturated heterocycles. The van der Waals surface area contributed by atoms with E-state index in [1.54, 1.807) is 0 Å². The highest BCUT2D eigenvalue weighted by atomic mass is 16.6. The smallest absolute Gasteiger partial charge is 0.343 e. The highest BCUT2D eigenvalue weighted by molar-refractivity contribution is 5.72. The molecule has 0 radical (unpaired) electrons. The Morgan fingerprint density at radius 3 is 2.82 bits per heavy atom. The molecule has 0 N–H and O–H groups in total. The number of hydrogen-bond acceptors (Lipinski definition) is 5. The summed E-state index contributed by atoms with van der Waals surface area (Å²) in [5.74, 6) is -0.342. The van der Waals surface area contributed by atoms with Crippen LogP contribution in [0.4, 0.5) is 5.69 Å². The molecule has 0 atom stereocenters. The van der Waals surface area contributed by atoms with Gasteiger partial charge < -0.3 is 9.47 Å². The highest BCUT2D eigenvalue weighted by Crippen LogP contribution is 2.29. The third kappa shape index (κ3) is 3.04. The Balaban J connectivity index is 2.99. The zero-order chi connectivity index (χ0) is 12.8. The monoisotopic (exact) mass is 237 g/mol. The summed E-state index contributed by atoms with van der Waals surface area (Å²) in [6, 6.07) is 4.33. The summed E-state index contributed by atoms with van der Waals surface area (Å²) in [5.41, 5.74) is 0.115. The van der Waals surface area contributed by atoms with E-state index >= 15 is 0 Å². The summed E-state index contributed by atoms with van der Waals surface area (Å²) in [7, 11) is 1.23. The van der Waals surface area contributed by atoms with Crippen molar-refractivity contribution in [2.75, 3.05) is 13.7 Å². The summed E-state index contributed by atoms with van der Waals surface area (Å²) >= 11 is 0. The van der Waals surface area contributed by atoms with Crippen LogP contribution in [-0.4, -0.2) is 24.6 Å². The molecule has 1 aromatic rings. The predicted octanol–water partition coefficient (Wildman–Crippen LogP) is 1.79. The highest BCUT2D eigenvalue weighted by Gasteiger charge is 2.16. The molecule has 6 nitrogen and oxygen atoms in total. The number of esters is 1. The lowest BCUT2D eigenvalue weighted by Crippen LogP contribution is -2.13. The first-order chi connectivity index (χ1) is 8.10. The number of nitro benzene ring substituents is 1. The van der Waals surface area contributed by atoms with Crippen LogP contribution in [-0.2, 0) is 9.53 Å². The van der Waals surface area contributed by atoms with Crippen molar-refractivity contribution in [1.29, 1.82) is 0 Å². The summed E-state index contributed by atoms with van der Waals surface area (Å²) < 4.78 is 9.52. The molecule has 17 heavy (non-hydrogen) atoms. The van der Waals surface area contributed by atoms with Gasteiger partial charge in [-0.05, 0) is 6.07 Å². The van der Waals surface area contributed by atoms with Gasteiger partial charge in [-0.3, -0.25) is 10.1 Å². The minimum Gasteiger partial charge on any atom is -0.481 e. The molecule has 1 aromatic carbocycles. The SMILES string of the molecule is C=Cc1c(OCC(=O)OC)cccc1[N+](=O)[O-]. The predicted molar refractivity (Wildman–Crippen MR) is 60.7 cm³/mol. The molecule has 0 aromatic heterocycles. The molecular weight excluding hydrogens is 226 g/mol. The summed E-state index contributed by atoms with van der Waals surface area (Å²) in [5, 5.41) is 10.7. The van der Waals surface area contributed by atoms with Gasteiger partial charge in [-0.1, -0.05) is 18.7 Å². The standard InChI is InChI=1S/C11H11NO5/c1-3-8-9(12(14)15)5-4-6-10(8)17-7-11(13)16-2/h3-6H,1,7H2,2H3. The normalized spacial score (nSPS) is 9.47. The van der Waals surface area contributed by atoms with Crippen molar-refractivity contribution < 1.29 is 19.2 Å². The molecule has 0 spiro atoms. The third-order valence-corrected chi connectivity index (χ3v) is 2.02. The largest absolute Gasteiger partial charge is 0.481 e. The molecular formula is C11H11NO5. The maximum absolute atomic E-state index is 10.9. The fourth-order valence-electron chi connectivity index (χ4n) is 1.22. The van der Waals surface area contributed by atoms with Crippen molar-refractivity contribution in [1.82, 2.24) is 0 Å². The quantitative estimate of drug-likeness (QED) is 0.443. The van der Waals surface area contributed by atoms with E-state index in [9.17, 15) is 14.9 Å². The minimum absolute atomic E-state index is 0.123. The molecule has 0 fully saturated rings. The van der Waals surface area contributed by atoms with Crippen molar-refractivity contribution >= 4 is 17.7 Å². The number of carbonyl (C=O) groups is 1. The van der Waals surface area contributed by atoms with E-state index in [2.05, 4.69) is 11.3 Å². The van der Waals surface area contributed by atoms with Crippen LogP contribution in [0.5, 0.6) is 5.75 Å². The number of nitrogens with zero attached hydrogens (tertiary/aromatic N) is 1. The Labute approximate surface area is 97.6 Å². The third-order valence-electron chi connectivity index (χ3n) is 2.02. The molecule has 90 valence electrons. The van der Waals surface area contributed by atoms with Gasteiger partial charge in [0, 0.05) is 6.07 Å². The Bertz CT molecular complexity index is 455. The lowest BCUT2D eigenvalue weighted by atomic mass is 10.1. The molecule has 0 aliphatic heterocycles. The second kappa shape index (κ2) is 5.64. The van der Waals surface area contributed by atoms with E-state index in [0.29, 0.717) is 0 Å². The van der Waals surface area contributed by atoms with Crippen LogP contribution < -0.4 is 4.74 Å². The van der Waals surface area contributed by atoms with Crippen LogP contribution in [0, 0.1) is 10.1 Å². The first-order valence-corrected chi connectivity index (χ1v) is 4.69. The topological polar surface area (TPSA) is 78.7 Å². The van der Waals surface area contributed by atoms with Crippen LogP contribution in [0.1, 0.15) is 5.56 Å². The number of nitro groups is 1. The maximum atomic E-state index is 10.9. The maximum Gasteiger partial charge on any atom is 0.343 e. The van der Waals surface area contributed by atoms with E-state index < -0.39 is 10.9 Å². The zero-order valence-corrected chi connectivity index (χ0v) is 9.21. The number of rotatable bonds is 5. The first-order valence-electron chi connectivity index (χ1n) is 4.69. The van der Waals surface area contributed by atoms with Crippen LogP contribution in [0.2, 0.25) is 0 Å². The lowest BCUT2D eigenvalue weighted by molar-refractivity contribution is -0.385. The van der Waals surface area contributed by atoms with E-state index in [1.807, 2.05) is 0 Å². The van der Waals surface area contributed by atoms with Gasteiger partial charge in [0.2, 0.25) is 0 Å². The van der Waals surface area contributed by atoms with Crippen molar-refractivity contribution in [2.24, 2.45) is 0 Å². The molecule has 0 unspecified atom stereocenters. The van der Waals surface area contributed by atoms with Crippen LogP contribution in [0.15, 0.2) is 24.8 Å². The van der Waals surface area contributed by atoms with Gasteiger partial charge >= 0.3 is 5.97 Å². The molecule has 6 heteroatoms. The van der Waals surface area contributed by atoms with Gasteiger partial charge in [-0.25, -0.2) is 4.79 Å². The van der Waals surface area contributed by atoms with Gasteiger partial charge in [-0.15, -0.1) is 0 Å². The fourth-order valence-corrected chi connectivity index (χ4v) is 1.22. The van der Waals surface area contributed by atoms with Crippen LogP contribution in [0.3, 0.4) is 0 Å². The Kier molecular flexibility index (Phi) is 4.21. The Morgan fingerprint density at radius 1 is 1.59 bits per heavy atom. The average molecular weight is 237 g/mol. The van der Waals surface area contributed by atoms with Gasteiger partial charge in [0.15, 0.2) is 6.61 Å². The van der Waals surface area contributed by atoms with E-state index in [1.165, 1.54) is 31.4 Å². The number of carbonyl (C=O) groups excluding carboxylic acids is 1. The van der Waals surface area contributed by atoms with E-state index in [0.717, 1.165) is 0 Å². The van der Waals surface area contributed by atoms with Crippen molar-refractivity contribution in [2.45, 2.75) is 0 Å².